The third-order valence-electron chi connectivity index (χ3n) is 2.68. The first kappa shape index (κ1) is 13.3. The summed E-state index contributed by atoms with van der Waals surface area (Å²) in [6.45, 7) is 0.544. The molecule has 1 atom stereocenters. The quantitative estimate of drug-likeness (QED) is 0.899. The van der Waals surface area contributed by atoms with Crippen molar-refractivity contribution in [1.29, 1.82) is 0 Å². The van der Waals surface area contributed by atoms with Crippen LogP contribution in [0.2, 0.25) is 0 Å². The molecule has 1 fully saturated rings. The molecule has 0 bridgehead atoms. The van der Waals surface area contributed by atoms with Crippen molar-refractivity contribution in [2.75, 3.05) is 19.8 Å². The fraction of sp³-hybridized carbons (Fsp3) is 0.545. The lowest BCUT2D eigenvalue weighted by Crippen LogP contribution is -2.23. The Hall–Kier alpha value is -1.18. The molecule has 2 rings (SSSR count). The van der Waals surface area contributed by atoms with Crippen molar-refractivity contribution in [3.8, 4) is 0 Å². The number of hydrogen-bond donors (Lipinski definition) is 1. The minimum atomic E-state index is -4.46. The zero-order valence-corrected chi connectivity index (χ0v) is 9.35. The van der Waals surface area contributed by atoms with Gasteiger partial charge in [0.2, 0.25) is 0 Å². The lowest BCUT2D eigenvalue weighted by Gasteiger charge is -2.20. The molecule has 18 heavy (non-hydrogen) atoms. The van der Waals surface area contributed by atoms with Crippen molar-refractivity contribution in [1.82, 2.24) is 4.98 Å². The van der Waals surface area contributed by atoms with Crippen molar-refractivity contribution in [2.24, 2.45) is 0 Å². The van der Waals surface area contributed by atoms with Crippen molar-refractivity contribution in [3.05, 3.63) is 29.6 Å². The van der Waals surface area contributed by atoms with Gasteiger partial charge < -0.3 is 14.6 Å². The van der Waals surface area contributed by atoms with Crippen LogP contribution in [0, 0.1) is 0 Å². The summed E-state index contributed by atoms with van der Waals surface area (Å²) in [6, 6.07) is 2.16. The molecule has 1 aliphatic rings. The maximum Gasteiger partial charge on any atom is 0.433 e. The van der Waals surface area contributed by atoms with E-state index in [4.69, 9.17) is 9.47 Å². The first-order valence-electron chi connectivity index (χ1n) is 5.39. The average molecular weight is 263 g/mol. The Morgan fingerprint density at radius 3 is 2.44 bits per heavy atom. The Kier molecular flexibility index (Phi) is 3.84. The summed E-state index contributed by atoms with van der Waals surface area (Å²) in [4.78, 5) is 3.34. The highest BCUT2D eigenvalue weighted by Crippen LogP contribution is 2.30. The average Bonchev–Trinajstić information content (AvgIpc) is 2.83. The third kappa shape index (κ3) is 2.80. The minimum absolute atomic E-state index is 0.280. The Bertz CT molecular complexity index is 388. The summed E-state index contributed by atoms with van der Waals surface area (Å²) in [6.07, 6.45) is -4.00. The van der Waals surface area contributed by atoms with E-state index in [1.807, 2.05) is 0 Å². The topological polar surface area (TPSA) is 51.6 Å². The van der Waals surface area contributed by atoms with Gasteiger partial charge in [0.15, 0.2) is 6.29 Å². The van der Waals surface area contributed by atoms with E-state index in [9.17, 15) is 18.3 Å². The molecule has 0 aliphatic carbocycles. The Balaban J connectivity index is 2.16. The van der Waals surface area contributed by atoms with Crippen LogP contribution in [-0.4, -0.2) is 36.2 Å². The Morgan fingerprint density at radius 2 is 2.00 bits per heavy atom. The van der Waals surface area contributed by atoms with Crippen LogP contribution in [0.4, 0.5) is 13.2 Å². The zero-order valence-electron chi connectivity index (χ0n) is 9.35. The van der Waals surface area contributed by atoms with Gasteiger partial charge in [-0.25, -0.2) is 0 Å². The van der Waals surface area contributed by atoms with Gasteiger partial charge in [0, 0.05) is 6.20 Å². The molecule has 1 saturated heterocycles. The van der Waals surface area contributed by atoms with Crippen LogP contribution in [0.1, 0.15) is 17.2 Å². The SMILES string of the molecule is OCC(c1ccc(C(F)(F)F)nc1)C1OCCO1. The van der Waals surface area contributed by atoms with Gasteiger partial charge in [-0.2, -0.15) is 13.2 Å². The molecule has 0 amide bonds. The highest BCUT2D eigenvalue weighted by Gasteiger charge is 2.33. The molecular formula is C11H12F3NO3. The zero-order chi connectivity index (χ0) is 13.2. The number of hydrogen-bond acceptors (Lipinski definition) is 4. The number of pyridine rings is 1. The predicted octanol–water partition coefficient (Wildman–Crippen LogP) is 1.55. The maximum absolute atomic E-state index is 12.3. The van der Waals surface area contributed by atoms with Crippen molar-refractivity contribution in [3.63, 3.8) is 0 Å². The molecule has 1 aliphatic heterocycles. The minimum Gasteiger partial charge on any atom is -0.396 e. The fourth-order valence-electron chi connectivity index (χ4n) is 1.75. The second-order valence-electron chi connectivity index (χ2n) is 3.87. The number of aromatic nitrogens is 1. The second kappa shape index (κ2) is 5.21. The summed E-state index contributed by atoms with van der Waals surface area (Å²) in [7, 11) is 0. The molecule has 7 heteroatoms. The molecule has 4 nitrogen and oxygen atoms in total. The summed E-state index contributed by atoms with van der Waals surface area (Å²) < 4.78 is 47.5. The van der Waals surface area contributed by atoms with Crippen LogP contribution in [0.25, 0.3) is 0 Å². The van der Waals surface area contributed by atoms with E-state index in [2.05, 4.69) is 4.98 Å². The monoisotopic (exact) mass is 263 g/mol. The number of rotatable bonds is 3. The maximum atomic E-state index is 12.3. The van der Waals surface area contributed by atoms with Crippen LogP contribution in [0.15, 0.2) is 18.3 Å². The van der Waals surface area contributed by atoms with E-state index in [0.29, 0.717) is 18.8 Å². The van der Waals surface area contributed by atoms with Crippen molar-refractivity contribution < 1.29 is 27.8 Å². The van der Waals surface area contributed by atoms with Gasteiger partial charge >= 0.3 is 6.18 Å². The van der Waals surface area contributed by atoms with Crippen LogP contribution in [0.3, 0.4) is 0 Å². The van der Waals surface area contributed by atoms with Crippen LogP contribution in [-0.2, 0) is 15.7 Å². The molecule has 1 N–H and O–H groups in total. The first-order chi connectivity index (χ1) is 8.52. The largest absolute Gasteiger partial charge is 0.433 e. The number of aliphatic hydroxyl groups is 1. The van der Waals surface area contributed by atoms with Gasteiger partial charge in [-0.3, -0.25) is 4.98 Å². The third-order valence-corrected chi connectivity index (χ3v) is 2.68. The lowest BCUT2D eigenvalue weighted by molar-refractivity contribution is -0.141. The molecule has 2 heterocycles. The number of nitrogens with zero attached hydrogens (tertiary/aromatic N) is 1. The molecular weight excluding hydrogens is 251 g/mol. The molecule has 100 valence electrons. The highest BCUT2D eigenvalue weighted by molar-refractivity contribution is 5.20. The number of aliphatic hydroxyl groups excluding tert-OH is 1. The van der Waals surface area contributed by atoms with E-state index in [1.165, 1.54) is 6.07 Å². The number of ether oxygens (including phenoxy) is 2. The van der Waals surface area contributed by atoms with Gasteiger partial charge in [-0.1, -0.05) is 6.07 Å². The second-order valence-corrected chi connectivity index (χ2v) is 3.87. The molecule has 1 aromatic heterocycles. The molecule has 0 aromatic carbocycles. The molecule has 0 saturated carbocycles. The van der Waals surface area contributed by atoms with Crippen LogP contribution < -0.4 is 0 Å². The lowest BCUT2D eigenvalue weighted by atomic mass is 10.0. The van der Waals surface area contributed by atoms with E-state index in [1.54, 1.807) is 0 Å². The molecule has 1 aromatic rings. The standard InChI is InChI=1S/C11H12F3NO3/c12-11(13,14)9-2-1-7(5-15-9)8(6-16)10-17-3-4-18-10/h1-2,5,8,10,16H,3-4,6H2. The van der Waals surface area contributed by atoms with Crippen molar-refractivity contribution in [2.45, 2.75) is 18.4 Å². The van der Waals surface area contributed by atoms with E-state index >= 15 is 0 Å². The summed E-state index contributed by atoms with van der Waals surface area (Å²) in [5.41, 5.74) is -0.506. The summed E-state index contributed by atoms with van der Waals surface area (Å²) >= 11 is 0. The highest BCUT2D eigenvalue weighted by atomic mass is 19.4. The summed E-state index contributed by atoms with van der Waals surface area (Å²) in [5.74, 6) is -0.526. The van der Waals surface area contributed by atoms with Gasteiger partial charge in [0.1, 0.15) is 5.69 Å². The normalized spacial score (nSPS) is 19.1. The van der Waals surface area contributed by atoms with Crippen LogP contribution in [0.5, 0.6) is 0 Å². The van der Waals surface area contributed by atoms with Gasteiger partial charge in [0.05, 0.1) is 25.7 Å². The number of alkyl halides is 3. The Labute approximate surface area is 101 Å². The van der Waals surface area contributed by atoms with E-state index < -0.39 is 24.1 Å². The number of halogens is 3. The van der Waals surface area contributed by atoms with E-state index in [0.717, 1.165) is 12.3 Å². The molecule has 0 radical (unpaired) electrons. The van der Waals surface area contributed by atoms with Gasteiger partial charge in [-0.05, 0) is 11.6 Å². The Morgan fingerprint density at radius 1 is 1.33 bits per heavy atom. The van der Waals surface area contributed by atoms with Crippen molar-refractivity contribution >= 4 is 0 Å². The predicted molar refractivity (Wildman–Crippen MR) is 54.8 cm³/mol. The fourth-order valence-corrected chi connectivity index (χ4v) is 1.75. The smallest absolute Gasteiger partial charge is 0.396 e. The molecule has 1 unspecified atom stereocenters. The molecule has 0 spiro atoms. The van der Waals surface area contributed by atoms with E-state index in [-0.39, 0.29) is 6.61 Å². The van der Waals surface area contributed by atoms with Crippen LogP contribution >= 0.6 is 0 Å². The first-order valence-corrected chi connectivity index (χ1v) is 5.39. The van der Waals surface area contributed by atoms with Gasteiger partial charge in [0.25, 0.3) is 0 Å². The summed E-state index contributed by atoms with van der Waals surface area (Å²) in [5, 5.41) is 9.26. The van der Waals surface area contributed by atoms with Gasteiger partial charge in [-0.15, -0.1) is 0 Å².